The molecule has 1 amide bonds. The molecule has 3 rings (SSSR count). The lowest BCUT2D eigenvalue weighted by molar-refractivity contribution is 0.182. The summed E-state index contributed by atoms with van der Waals surface area (Å²) in [6, 6.07) is 11.4. The van der Waals surface area contributed by atoms with Crippen molar-refractivity contribution in [3.63, 3.8) is 0 Å². The van der Waals surface area contributed by atoms with Crippen molar-refractivity contribution in [1.29, 1.82) is 0 Å². The van der Waals surface area contributed by atoms with E-state index in [0.29, 0.717) is 17.9 Å². The number of amides is 1. The number of hydrogen-bond acceptors (Lipinski definition) is 2. The Balaban J connectivity index is 1.41. The fourth-order valence-electron chi connectivity index (χ4n) is 4.07. The van der Waals surface area contributed by atoms with Gasteiger partial charge in [-0.15, -0.1) is 0 Å². The SMILES string of the molecule is CCC(=Cc1ccccc1)[C@@H]1C[C@H]1NC[C@H]1CC[C@H](NC(=O)O)CC1. The van der Waals surface area contributed by atoms with Gasteiger partial charge in [0.1, 0.15) is 0 Å². The molecule has 0 aliphatic heterocycles. The zero-order valence-corrected chi connectivity index (χ0v) is 15.1. The topological polar surface area (TPSA) is 61.4 Å². The summed E-state index contributed by atoms with van der Waals surface area (Å²) >= 11 is 0. The van der Waals surface area contributed by atoms with Gasteiger partial charge in [0.05, 0.1) is 0 Å². The monoisotopic (exact) mass is 342 g/mol. The smallest absolute Gasteiger partial charge is 0.404 e. The lowest BCUT2D eigenvalue weighted by atomic mass is 9.86. The van der Waals surface area contributed by atoms with Crippen molar-refractivity contribution in [1.82, 2.24) is 10.6 Å². The summed E-state index contributed by atoms with van der Waals surface area (Å²) in [5.41, 5.74) is 2.85. The molecule has 2 aliphatic rings. The molecule has 25 heavy (non-hydrogen) atoms. The van der Waals surface area contributed by atoms with Gasteiger partial charge in [0.2, 0.25) is 0 Å². The summed E-state index contributed by atoms with van der Waals surface area (Å²) in [5, 5.41) is 15.2. The van der Waals surface area contributed by atoms with Crippen LogP contribution in [0.3, 0.4) is 0 Å². The Bertz CT molecular complexity index is 591. The molecule has 4 heteroatoms. The molecule has 136 valence electrons. The van der Waals surface area contributed by atoms with E-state index in [0.717, 1.165) is 38.6 Å². The van der Waals surface area contributed by atoms with Gasteiger partial charge in [0.15, 0.2) is 0 Å². The number of carboxylic acid groups (broad SMARTS) is 1. The highest BCUT2D eigenvalue weighted by Crippen LogP contribution is 2.40. The van der Waals surface area contributed by atoms with Gasteiger partial charge in [-0.3, -0.25) is 0 Å². The predicted octanol–water partition coefficient (Wildman–Crippen LogP) is 4.28. The van der Waals surface area contributed by atoms with Gasteiger partial charge in [0.25, 0.3) is 0 Å². The molecule has 1 aromatic carbocycles. The van der Waals surface area contributed by atoms with Crippen LogP contribution in [0.1, 0.15) is 51.0 Å². The second-order valence-corrected chi connectivity index (χ2v) is 7.51. The Hall–Kier alpha value is -1.81. The molecule has 4 nitrogen and oxygen atoms in total. The first kappa shape index (κ1) is 18.0. The maximum absolute atomic E-state index is 10.7. The van der Waals surface area contributed by atoms with Gasteiger partial charge in [-0.25, -0.2) is 4.79 Å². The largest absolute Gasteiger partial charge is 0.465 e. The third-order valence-corrected chi connectivity index (χ3v) is 5.67. The van der Waals surface area contributed by atoms with Crippen LogP contribution in [-0.2, 0) is 0 Å². The van der Waals surface area contributed by atoms with Crippen LogP contribution >= 0.6 is 0 Å². The molecule has 0 heterocycles. The van der Waals surface area contributed by atoms with Crippen LogP contribution in [0.5, 0.6) is 0 Å². The van der Waals surface area contributed by atoms with E-state index < -0.39 is 6.09 Å². The molecule has 1 aromatic rings. The van der Waals surface area contributed by atoms with Crippen molar-refractivity contribution in [2.75, 3.05) is 6.54 Å². The third-order valence-electron chi connectivity index (χ3n) is 5.67. The van der Waals surface area contributed by atoms with Crippen LogP contribution < -0.4 is 10.6 Å². The Kier molecular flexibility index (Phi) is 6.14. The predicted molar refractivity (Wildman–Crippen MR) is 102 cm³/mol. The summed E-state index contributed by atoms with van der Waals surface area (Å²) in [6.07, 6.45) is 8.02. The zero-order chi connectivity index (χ0) is 17.6. The average molecular weight is 342 g/mol. The van der Waals surface area contributed by atoms with E-state index in [1.165, 1.54) is 12.0 Å². The van der Waals surface area contributed by atoms with E-state index in [1.54, 1.807) is 5.57 Å². The number of carbonyl (C=O) groups is 1. The quantitative estimate of drug-likeness (QED) is 0.693. The second-order valence-electron chi connectivity index (χ2n) is 7.51. The fraction of sp³-hybridized carbons (Fsp3) is 0.571. The molecule has 0 aromatic heterocycles. The van der Waals surface area contributed by atoms with Gasteiger partial charge < -0.3 is 15.7 Å². The summed E-state index contributed by atoms with van der Waals surface area (Å²) in [7, 11) is 0. The lowest BCUT2D eigenvalue weighted by Crippen LogP contribution is -2.38. The minimum absolute atomic E-state index is 0.155. The van der Waals surface area contributed by atoms with Crippen LogP contribution in [-0.4, -0.2) is 29.8 Å². The number of hydrogen-bond donors (Lipinski definition) is 3. The molecule has 0 unspecified atom stereocenters. The molecular weight excluding hydrogens is 312 g/mol. The van der Waals surface area contributed by atoms with Gasteiger partial charge in [-0.05, 0) is 62.5 Å². The van der Waals surface area contributed by atoms with E-state index in [1.807, 2.05) is 0 Å². The van der Waals surface area contributed by atoms with E-state index in [-0.39, 0.29) is 6.04 Å². The summed E-state index contributed by atoms with van der Waals surface area (Å²) in [6.45, 7) is 3.32. The summed E-state index contributed by atoms with van der Waals surface area (Å²) in [4.78, 5) is 10.7. The molecule has 0 radical (unpaired) electrons. The first-order valence-electron chi connectivity index (χ1n) is 9.64. The molecule has 2 saturated carbocycles. The molecule has 3 N–H and O–H groups in total. The number of nitrogens with one attached hydrogen (secondary N) is 2. The highest BCUT2D eigenvalue weighted by molar-refractivity contribution is 5.64. The first-order valence-corrected chi connectivity index (χ1v) is 9.64. The molecule has 0 saturated heterocycles. The third kappa shape index (κ3) is 5.33. The first-order chi connectivity index (χ1) is 12.2. The van der Waals surface area contributed by atoms with Gasteiger partial charge in [-0.2, -0.15) is 0 Å². The molecule has 2 fully saturated rings. The maximum atomic E-state index is 10.7. The highest BCUT2D eigenvalue weighted by Gasteiger charge is 2.39. The van der Waals surface area contributed by atoms with Gasteiger partial charge in [0, 0.05) is 12.1 Å². The Morgan fingerprint density at radius 1 is 1.20 bits per heavy atom. The normalized spacial score (nSPS) is 29.2. The van der Waals surface area contributed by atoms with Crippen molar-refractivity contribution in [2.24, 2.45) is 11.8 Å². The van der Waals surface area contributed by atoms with Crippen LogP contribution in [0.15, 0.2) is 35.9 Å². The van der Waals surface area contributed by atoms with Crippen LogP contribution in [0, 0.1) is 11.8 Å². The Morgan fingerprint density at radius 2 is 1.92 bits per heavy atom. The Morgan fingerprint density at radius 3 is 2.56 bits per heavy atom. The lowest BCUT2D eigenvalue weighted by Gasteiger charge is -2.28. The molecule has 2 atom stereocenters. The minimum Gasteiger partial charge on any atom is -0.465 e. The minimum atomic E-state index is -0.889. The standard InChI is InChI=1S/C21H30N2O2/c1-2-17(12-15-6-4-3-5-7-15)19-13-20(19)22-14-16-8-10-18(11-9-16)23-21(24)25/h3-7,12,16,18-20,22-23H,2,8-11,13-14H2,1H3,(H,24,25)/t16-,18-,19-,20+/m0/s1. The maximum Gasteiger partial charge on any atom is 0.404 e. The van der Waals surface area contributed by atoms with Crippen LogP contribution in [0.4, 0.5) is 4.79 Å². The van der Waals surface area contributed by atoms with Crippen molar-refractivity contribution >= 4 is 12.2 Å². The van der Waals surface area contributed by atoms with E-state index in [2.05, 4.69) is 54.0 Å². The van der Waals surface area contributed by atoms with Crippen molar-refractivity contribution in [2.45, 2.75) is 57.5 Å². The van der Waals surface area contributed by atoms with E-state index in [9.17, 15) is 4.79 Å². The van der Waals surface area contributed by atoms with E-state index in [4.69, 9.17) is 5.11 Å². The Labute approximate surface area is 150 Å². The molecule has 0 bridgehead atoms. The molecule has 0 spiro atoms. The highest BCUT2D eigenvalue weighted by atomic mass is 16.4. The van der Waals surface area contributed by atoms with Crippen molar-refractivity contribution in [3.8, 4) is 0 Å². The van der Waals surface area contributed by atoms with Crippen molar-refractivity contribution < 1.29 is 9.90 Å². The van der Waals surface area contributed by atoms with Gasteiger partial charge in [-0.1, -0.05) is 48.9 Å². The second kappa shape index (κ2) is 8.52. The molecule has 2 aliphatic carbocycles. The number of rotatable bonds is 7. The van der Waals surface area contributed by atoms with Crippen LogP contribution in [0.25, 0.3) is 6.08 Å². The van der Waals surface area contributed by atoms with Crippen molar-refractivity contribution in [3.05, 3.63) is 41.5 Å². The zero-order valence-electron chi connectivity index (χ0n) is 15.1. The number of benzene rings is 1. The van der Waals surface area contributed by atoms with Crippen LogP contribution in [0.2, 0.25) is 0 Å². The summed E-state index contributed by atoms with van der Waals surface area (Å²) in [5.74, 6) is 1.38. The molecular formula is C21H30N2O2. The van der Waals surface area contributed by atoms with E-state index >= 15 is 0 Å². The summed E-state index contributed by atoms with van der Waals surface area (Å²) < 4.78 is 0. The average Bonchev–Trinajstić information content (AvgIpc) is 3.39. The van der Waals surface area contributed by atoms with Gasteiger partial charge >= 0.3 is 6.09 Å². The fourth-order valence-corrected chi connectivity index (χ4v) is 4.07.